The summed E-state index contributed by atoms with van der Waals surface area (Å²) in [5.41, 5.74) is 1.44. The maximum absolute atomic E-state index is 14.1. The number of aliphatic hydroxyl groups is 1. The van der Waals surface area contributed by atoms with Crippen molar-refractivity contribution in [3.63, 3.8) is 0 Å². The molecule has 1 saturated carbocycles. The molecule has 1 saturated heterocycles. The first-order valence-electron chi connectivity index (χ1n) is 11.7. The molecule has 1 heterocycles. The number of benzene rings is 1. The van der Waals surface area contributed by atoms with Crippen molar-refractivity contribution in [3.05, 3.63) is 40.9 Å². The lowest BCUT2D eigenvalue weighted by Gasteiger charge is -2.44. The highest BCUT2D eigenvalue weighted by atomic mass is 19.1. The number of aryl methyl sites for hydroxylation is 1. The van der Waals surface area contributed by atoms with Crippen LogP contribution in [-0.2, 0) is 9.47 Å². The van der Waals surface area contributed by atoms with Gasteiger partial charge in [-0.3, -0.25) is 4.90 Å². The van der Waals surface area contributed by atoms with Crippen molar-refractivity contribution in [3.8, 4) is 0 Å². The van der Waals surface area contributed by atoms with Gasteiger partial charge >= 0.3 is 6.09 Å². The predicted octanol–water partition coefficient (Wildman–Crippen LogP) is 4.78. The Labute approximate surface area is 195 Å². The number of piperidine rings is 1. The first-order chi connectivity index (χ1) is 15.7. The normalized spacial score (nSPS) is 24.5. The third-order valence-electron chi connectivity index (χ3n) is 6.60. The topological polar surface area (TPSA) is 94.9 Å². The van der Waals surface area contributed by atoms with Gasteiger partial charge in [0.2, 0.25) is 0 Å². The van der Waals surface area contributed by atoms with Crippen molar-refractivity contribution in [2.24, 2.45) is 0 Å². The van der Waals surface area contributed by atoms with Crippen molar-refractivity contribution in [1.82, 2.24) is 4.90 Å². The van der Waals surface area contributed by atoms with Crippen LogP contribution in [0.2, 0.25) is 0 Å². The highest BCUT2D eigenvalue weighted by Gasteiger charge is 2.46. The van der Waals surface area contributed by atoms with Crippen LogP contribution in [0.15, 0.2) is 29.5 Å². The average Bonchev–Trinajstić information content (AvgIpc) is 3.50. The fraction of sp³-hybridized carbons (Fsp3) is 0.600. The summed E-state index contributed by atoms with van der Waals surface area (Å²) < 4.78 is 26.0. The number of likely N-dealkylation sites (tertiary alicyclic amines) is 1. The number of anilines is 1. The smallest absolute Gasteiger partial charge is 0.410 e. The van der Waals surface area contributed by atoms with Gasteiger partial charge < -0.3 is 25.3 Å². The SMILES string of the molecule is CCC1CC(OC(C)=C(C=N)CNc2ccc(C)cc2F)CC(CO)N1C(=O)OC1(C)CC1. The van der Waals surface area contributed by atoms with Gasteiger partial charge in [0.1, 0.15) is 17.5 Å². The minimum atomic E-state index is -0.389. The van der Waals surface area contributed by atoms with Crippen molar-refractivity contribution in [2.45, 2.75) is 83.6 Å². The Morgan fingerprint density at radius 2 is 2.06 bits per heavy atom. The van der Waals surface area contributed by atoms with E-state index in [0.717, 1.165) is 24.8 Å². The second kappa shape index (κ2) is 10.5. The highest BCUT2D eigenvalue weighted by Crippen LogP contribution is 2.40. The second-order valence-corrected chi connectivity index (χ2v) is 9.40. The van der Waals surface area contributed by atoms with Gasteiger partial charge in [-0.15, -0.1) is 0 Å². The largest absolute Gasteiger partial charge is 0.494 e. The molecule has 1 aliphatic carbocycles. The molecule has 3 atom stereocenters. The molecule has 1 aliphatic heterocycles. The van der Waals surface area contributed by atoms with Crippen LogP contribution >= 0.6 is 0 Å². The Hall–Kier alpha value is -2.61. The number of hydrogen-bond acceptors (Lipinski definition) is 6. The Balaban J connectivity index is 1.66. The zero-order chi connectivity index (χ0) is 24.2. The Morgan fingerprint density at radius 3 is 2.64 bits per heavy atom. The number of halogens is 1. The molecule has 1 aromatic rings. The molecule has 2 aliphatic rings. The van der Waals surface area contributed by atoms with Gasteiger partial charge in [0.05, 0.1) is 24.1 Å². The van der Waals surface area contributed by atoms with Gasteiger partial charge in [-0.2, -0.15) is 0 Å². The van der Waals surface area contributed by atoms with Crippen LogP contribution in [-0.4, -0.2) is 59.3 Å². The minimum Gasteiger partial charge on any atom is -0.494 e. The van der Waals surface area contributed by atoms with Crippen LogP contribution in [0, 0.1) is 18.2 Å². The lowest BCUT2D eigenvalue weighted by molar-refractivity contribution is -0.0399. The van der Waals surface area contributed by atoms with Gasteiger partial charge in [-0.25, -0.2) is 9.18 Å². The highest BCUT2D eigenvalue weighted by molar-refractivity contribution is 5.78. The number of ether oxygens (including phenoxy) is 2. The minimum absolute atomic E-state index is 0.105. The second-order valence-electron chi connectivity index (χ2n) is 9.40. The van der Waals surface area contributed by atoms with E-state index in [0.29, 0.717) is 29.9 Å². The van der Waals surface area contributed by atoms with Gasteiger partial charge in [0.15, 0.2) is 0 Å². The van der Waals surface area contributed by atoms with Crippen molar-refractivity contribution in [1.29, 1.82) is 5.41 Å². The summed E-state index contributed by atoms with van der Waals surface area (Å²) in [5, 5.41) is 20.8. The van der Waals surface area contributed by atoms with Crippen LogP contribution in [0.1, 0.15) is 58.4 Å². The molecule has 33 heavy (non-hydrogen) atoms. The van der Waals surface area contributed by atoms with Crippen LogP contribution in [0.5, 0.6) is 0 Å². The first-order valence-corrected chi connectivity index (χ1v) is 11.7. The molecule has 1 amide bonds. The molecule has 7 nitrogen and oxygen atoms in total. The number of carbonyl (C=O) groups is 1. The molecule has 0 aromatic heterocycles. The van der Waals surface area contributed by atoms with Crippen molar-refractivity contribution < 1.29 is 23.8 Å². The maximum atomic E-state index is 14.1. The number of carbonyl (C=O) groups excluding carboxylic acids is 1. The number of nitrogens with zero attached hydrogens (tertiary/aromatic N) is 1. The molecule has 0 radical (unpaired) electrons. The van der Waals surface area contributed by atoms with E-state index in [1.54, 1.807) is 17.9 Å². The van der Waals surface area contributed by atoms with E-state index >= 15 is 0 Å². The third kappa shape index (κ3) is 6.25. The number of hydrogen-bond donors (Lipinski definition) is 3. The molecule has 182 valence electrons. The number of allylic oxidation sites excluding steroid dienone is 1. The molecular weight excluding hydrogens is 425 g/mol. The van der Waals surface area contributed by atoms with Crippen LogP contribution < -0.4 is 5.32 Å². The fourth-order valence-corrected chi connectivity index (χ4v) is 4.25. The van der Waals surface area contributed by atoms with Crippen molar-refractivity contribution >= 4 is 18.0 Å². The van der Waals surface area contributed by atoms with E-state index in [1.807, 2.05) is 26.8 Å². The van der Waals surface area contributed by atoms with Crippen molar-refractivity contribution in [2.75, 3.05) is 18.5 Å². The number of rotatable bonds is 9. The fourth-order valence-electron chi connectivity index (χ4n) is 4.25. The Morgan fingerprint density at radius 1 is 1.36 bits per heavy atom. The molecular formula is C25H36FN3O4. The van der Waals surface area contributed by atoms with Gasteiger partial charge in [-0.05, 0) is 57.7 Å². The van der Waals surface area contributed by atoms with E-state index in [2.05, 4.69) is 5.32 Å². The quantitative estimate of drug-likeness (QED) is 0.363. The molecule has 8 heteroatoms. The number of nitrogens with one attached hydrogen (secondary N) is 2. The van der Waals surface area contributed by atoms with E-state index in [-0.39, 0.29) is 48.9 Å². The average molecular weight is 462 g/mol. The number of aliphatic hydroxyl groups excluding tert-OH is 1. The summed E-state index contributed by atoms with van der Waals surface area (Å²) in [4.78, 5) is 14.5. The molecule has 0 spiro atoms. The summed E-state index contributed by atoms with van der Waals surface area (Å²) in [5.74, 6) is 0.233. The molecule has 1 aromatic carbocycles. The summed E-state index contributed by atoms with van der Waals surface area (Å²) >= 11 is 0. The standard InChI is InChI=1S/C25H36FN3O4/c1-5-19-11-21(12-20(15-30)29(19)24(31)33-25(4)8-9-25)32-17(3)18(13-27)14-28-23-7-6-16(2)10-22(23)26/h6-7,10,13,19-21,27-28,30H,5,8-9,11-12,14-15H2,1-4H3. The van der Waals surface area contributed by atoms with Crippen LogP contribution in [0.25, 0.3) is 0 Å². The maximum Gasteiger partial charge on any atom is 0.410 e. The van der Waals surface area contributed by atoms with Crippen LogP contribution in [0.3, 0.4) is 0 Å². The Bertz CT molecular complexity index is 886. The summed E-state index contributed by atoms with van der Waals surface area (Å²) in [6, 6.07) is 4.47. The van der Waals surface area contributed by atoms with E-state index in [4.69, 9.17) is 14.9 Å². The molecule has 3 rings (SSSR count). The van der Waals surface area contributed by atoms with Gasteiger partial charge in [-0.1, -0.05) is 13.0 Å². The zero-order valence-electron chi connectivity index (χ0n) is 20.0. The lowest BCUT2D eigenvalue weighted by atomic mass is 9.92. The Kier molecular flexibility index (Phi) is 8.00. The molecule has 2 fully saturated rings. The summed E-state index contributed by atoms with van der Waals surface area (Å²) in [6.45, 7) is 7.63. The van der Waals surface area contributed by atoms with E-state index in [9.17, 15) is 14.3 Å². The predicted molar refractivity (Wildman–Crippen MR) is 126 cm³/mol. The zero-order valence-corrected chi connectivity index (χ0v) is 20.0. The first kappa shape index (κ1) is 25.0. The van der Waals surface area contributed by atoms with Crippen LogP contribution in [0.4, 0.5) is 14.9 Å². The van der Waals surface area contributed by atoms with Gasteiger partial charge in [0, 0.05) is 37.2 Å². The summed E-state index contributed by atoms with van der Waals surface area (Å²) in [7, 11) is 0. The molecule has 0 bridgehead atoms. The number of amides is 1. The monoisotopic (exact) mass is 461 g/mol. The third-order valence-corrected chi connectivity index (χ3v) is 6.60. The lowest BCUT2D eigenvalue weighted by Crippen LogP contribution is -2.55. The molecule has 3 N–H and O–H groups in total. The summed E-state index contributed by atoms with van der Waals surface area (Å²) in [6.07, 6.45) is 4.18. The van der Waals surface area contributed by atoms with E-state index < -0.39 is 0 Å². The molecule has 3 unspecified atom stereocenters. The van der Waals surface area contributed by atoms with Gasteiger partial charge in [0.25, 0.3) is 0 Å². The van der Waals surface area contributed by atoms with E-state index in [1.165, 1.54) is 12.3 Å².